The third kappa shape index (κ3) is 3.53. The van der Waals surface area contributed by atoms with Gasteiger partial charge < -0.3 is 0 Å². The van der Waals surface area contributed by atoms with Gasteiger partial charge in [0.2, 0.25) is 0 Å². The van der Waals surface area contributed by atoms with E-state index in [1.54, 1.807) is 0 Å². The zero-order valence-electron chi connectivity index (χ0n) is 8.12. The summed E-state index contributed by atoms with van der Waals surface area (Å²) >= 11 is 5.96. The average Bonchev–Trinajstić information content (AvgIpc) is 2.26. The lowest BCUT2D eigenvalue weighted by Gasteiger charge is -2.10. The van der Waals surface area contributed by atoms with Gasteiger partial charge in [-0.05, 0) is 6.42 Å². The molecule has 14 heavy (non-hydrogen) atoms. The summed E-state index contributed by atoms with van der Waals surface area (Å²) in [5.74, 6) is 0. The smallest absolute Gasteiger partial charge is 0.0867 e. The van der Waals surface area contributed by atoms with Gasteiger partial charge in [0.1, 0.15) is 0 Å². The highest BCUT2D eigenvalue weighted by Crippen LogP contribution is 2.03. The number of alkyl halides is 1. The second-order valence-electron chi connectivity index (χ2n) is 3.31. The van der Waals surface area contributed by atoms with Gasteiger partial charge in [-0.25, -0.2) is 0 Å². The van der Waals surface area contributed by atoms with Crippen molar-refractivity contribution in [2.75, 3.05) is 5.50 Å². The fraction of sp³-hybridized carbons (Fsp3) is 0.364. The van der Waals surface area contributed by atoms with E-state index in [2.05, 4.69) is 30.3 Å². The van der Waals surface area contributed by atoms with Gasteiger partial charge >= 0.3 is 0 Å². The third-order valence-corrected chi connectivity index (χ3v) is 6.22. The van der Waals surface area contributed by atoms with Gasteiger partial charge in [0, 0.05) is 11.9 Å². The van der Waals surface area contributed by atoms with E-state index in [0.717, 1.165) is 18.0 Å². The van der Waals surface area contributed by atoms with E-state index in [1.165, 1.54) is 5.19 Å². The van der Waals surface area contributed by atoms with Crippen LogP contribution in [0.5, 0.6) is 0 Å². The topological polar surface area (TPSA) is 23.8 Å². The van der Waals surface area contributed by atoms with Crippen molar-refractivity contribution in [2.24, 2.45) is 0 Å². The molecule has 0 aliphatic rings. The van der Waals surface area contributed by atoms with Crippen LogP contribution in [-0.2, 0) is 0 Å². The fourth-order valence-corrected chi connectivity index (χ4v) is 4.61. The molecule has 0 amide bonds. The molecule has 1 nitrogen and oxygen atoms in total. The molecule has 0 N–H and O–H groups in total. The largest absolute Gasteiger partial charge is 0.198 e. The number of benzene rings is 1. The van der Waals surface area contributed by atoms with Crippen LogP contribution in [0, 0.1) is 11.3 Å². The standard InChI is InChI=1S/C11H14ClNSi/c12-10-14(9-5-4-8-13)11-6-2-1-3-7-11/h1-3,6-7,14H,4-5,9-10H2. The van der Waals surface area contributed by atoms with E-state index >= 15 is 0 Å². The highest BCUT2D eigenvalue weighted by atomic mass is 35.5. The van der Waals surface area contributed by atoms with E-state index in [4.69, 9.17) is 16.9 Å². The van der Waals surface area contributed by atoms with Gasteiger partial charge in [-0.15, -0.1) is 11.6 Å². The van der Waals surface area contributed by atoms with Crippen molar-refractivity contribution >= 4 is 25.6 Å². The van der Waals surface area contributed by atoms with Gasteiger partial charge in [-0.1, -0.05) is 41.6 Å². The Labute approximate surface area is 91.9 Å². The molecule has 0 aliphatic heterocycles. The molecule has 1 rings (SSSR count). The van der Waals surface area contributed by atoms with Gasteiger partial charge in [-0.3, -0.25) is 0 Å². The summed E-state index contributed by atoms with van der Waals surface area (Å²) in [6.45, 7) is 0. The van der Waals surface area contributed by atoms with E-state index in [9.17, 15) is 0 Å². The van der Waals surface area contributed by atoms with Crippen LogP contribution >= 0.6 is 11.6 Å². The monoisotopic (exact) mass is 223 g/mol. The van der Waals surface area contributed by atoms with Crippen molar-refractivity contribution in [1.29, 1.82) is 5.26 Å². The zero-order chi connectivity index (χ0) is 10.2. The lowest BCUT2D eigenvalue weighted by atomic mass is 10.4. The molecule has 74 valence electrons. The van der Waals surface area contributed by atoms with Gasteiger partial charge in [0.15, 0.2) is 0 Å². The minimum Gasteiger partial charge on any atom is -0.198 e. The fourth-order valence-electron chi connectivity index (χ4n) is 1.49. The number of nitriles is 1. The minimum absolute atomic E-state index is 0.660. The number of unbranched alkanes of at least 4 members (excludes halogenated alkanes) is 1. The van der Waals surface area contributed by atoms with Crippen LogP contribution in [0.4, 0.5) is 0 Å². The summed E-state index contributed by atoms with van der Waals surface area (Å²) < 4.78 is 0. The first-order valence-electron chi connectivity index (χ1n) is 4.86. The van der Waals surface area contributed by atoms with E-state index < -0.39 is 8.80 Å². The molecule has 0 fully saturated rings. The van der Waals surface area contributed by atoms with Gasteiger partial charge in [0.05, 0.1) is 14.9 Å². The summed E-state index contributed by atoms with van der Waals surface area (Å²) in [5, 5.41) is 9.87. The van der Waals surface area contributed by atoms with Crippen molar-refractivity contribution < 1.29 is 0 Å². The molecule has 1 aromatic rings. The van der Waals surface area contributed by atoms with Crippen molar-refractivity contribution in [3.05, 3.63) is 30.3 Å². The highest BCUT2D eigenvalue weighted by Gasteiger charge is 2.10. The molecular formula is C11H14ClNSi. The summed E-state index contributed by atoms with van der Waals surface area (Å²) in [4.78, 5) is 0. The predicted molar refractivity (Wildman–Crippen MR) is 63.6 cm³/mol. The van der Waals surface area contributed by atoms with Crippen molar-refractivity contribution in [3.8, 4) is 6.07 Å². The molecule has 1 aromatic carbocycles. The first-order chi connectivity index (χ1) is 6.88. The van der Waals surface area contributed by atoms with Gasteiger partial charge in [0.25, 0.3) is 0 Å². The lowest BCUT2D eigenvalue weighted by Crippen LogP contribution is -2.31. The Balaban J connectivity index is 2.51. The first-order valence-corrected chi connectivity index (χ1v) is 7.61. The first kappa shape index (κ1) is 11.3. The van der Waals surface area contributed by atoms with Crippen LogP contribution in [0.15, 0.2) is 30.3 Å². The Hall–Kier alpha value is -0.783. The van der Waals surface area contributed by atoms with Crippen LogP contribution in [0.25, 0.3) is 0 Å². The molecule has 3 heteroatoms. The second-order valence-corrected chi connectivity index (χ2v) is 7.18. The second kappa shape index (κ2) is 6.64. The van der Waals surface area contributed by atoms with Crippen molar-refractivity contribution in [1.82, 2.24) is 0 Å². The maximum absolute atomic E-state index is 8.45. The number of hydrogen-bond acceptors (Lipinski definition) is 1. The van der Waals surface area contributed by atoms with Crippen LogP contribution in [0.2, 0.25) is 6.04 Å². The van der Waals surface area contributed by atoms with Gasteiger partial charge in [-0.2, -0.15) is 5.26 Å². The minimum atomic E-state index is -0.989. The Morgan fingerprint density at radius 1 is 1.29 bits per heavy atom. The lowest BCUT2D eigenvalue weighted by molar-refractivity contribution is 0.955. The van der Waals surface area contributed by atoms with Crippen molar-refractivity contribution in [2.45, 2.75) is 18.9 Å². The normalized spacial score (nSPS) is 12.0. The number of hydrogen-bond donors (Lipinski definition) is 0. The number of nitrogens with zero attached hydrogens (tertiary/aromatic N) is 1. The quantitative estimate of drug-likeness (QED) is 0.427. The Morgan fingerprint density at radius 3 is 2.57 bits per heavy atom. The Morgan fingerprint density at radius 2 is 2.00 bits per heavy atom. The molecule has 0 aromatic heterocycles. The zero-order valence-corrected chi connectivity index (χ0v) is 10.0. The summed E-state index contributed by atoms with van der Waals surface area (Å²) in [6.07, 6.45) is 1.65. The molecular weight excluding hydrogens is 210 g/mol. The highest BCUT2D eigenvalue weighted by molar-refractivity contribution is 6.79. The summed E-state index contributed by atoms with van der Waals surface area (Å²) in [7, 11) is -0.989. The molecule has 1 atom stereocenters. The van der Waals surface area contributed by atoms with Crippen molar-refractivity contribution in [3.63, 3.8) is 0 Å². The van der Waals surface area contributed by atoms with Crippen LogP contribution < -0.4 is 5.19 Å². The number of rotatable bonds is 5. The van der Waals surface area contributed by atoms with Crippen LogP contribution in [-0.4, -0.2) is 14.3 Å². The molecule has 0 saturated heterocycles. The average molecular weight is 224 g/mol. The van der Waals surface area contributed by atoms with E-state index in [1.807, 2.05) is 6.07 Å². The molecule has 0 aliphatic carbocycles. The molecule has 1 unspecified atom stereocenters. The Kier molecular flexibility index (Phi) is 5.35. The number of halogens is 1. The maximum Gasteiger partial charge on any atom is 0.0867 e. The molecule has 0 spiro atoms. The summed E-state index contributed by atoms with van der Waals surface area (Å²) in [5.41, 5.74) is 0.773. The predicted octanol–water partition coefficient (Wildman–Crippen LogP) is 2.20. The third-order valence-electron chi connectivity index (χ3n) is 2.30. The summed E-state index contributed by atoms with van der Waals surface area (Å²) in [6, 6.07) is 13.8. The molecule has 0 radical (unpaired) electrons. The maximum atomic E-state index is 8.45. The van der Waals surface area contributed by atoms with E-state index in [0.29, 0.717) is 6.42 Å². The van der Waals surface area contributed by atoms with Crippen LogP contribution in [0.3, 0.4) is 0 Å². The van der Waals surface area contributed by atoms with E-state index in [-0.39, 0.29) is 0 Å². The molecule has 0 heterocycles. The molecule has 0 saturated carbocycles. The SMILES string of the molecule is N#CCCC[SiH](CCl)c1ccccc1. The van der Waals surface area contributed by atoms with Crippen LogP contribution in [0.1, 0.15) is 12.8 Å². The Bertz CT molecular complexity index is 294. The molecule has 0 bridgehead atoms.